The summed E-state index contributed by atoms with van der Waals surface area (Å²) < 4.78 is 18.9. The molecule has 1 atom stereocenters. The van der Waals surface area contributed by atoms with Gasteiger partial charge in [-0.1, -0.05) is 17.7 Å². The molecule has 0 aliphatic carbocycles. The minimum atomic E-state index is -0.458. The van der Waals surface area contributed by atoms with E-state index in [2.05, 4.69) is 15.6 Å². The molecule has 1 heterocycles. The molecule has 0 fully saturated rings. The SMILES string of the molecule is COc1ccc(F)cc1-c1csc(NC(=O)C(C)SCC(=O)Nc2ccc(C)cc2)n1. The predicted octanol–water partition coefficient (Wildman–Crippen LogP) is 4.97. The molecule has 2 aromatic carbocycles. The van der Waals surface area contributed by atoms with Crippen molar-refractivity contribution in [2.75, 3.05) is 23.5 Å². The molecular weight excluding hydrogens is 437 g/mol. The highest BCUT2D eigenvalue weighted by molar-refractivity contribution is 8.01. The van der Waals surface area contributed by atoms with Crippen molar-refractivity contribution in [3.05, 3.63) is 59.2 Å². The number of thioether (sulfide) groups is 1. The van der Waals surface area contributed by atoms with Crippen LogP contribution in [0.4, 0.5) is 15.2 Å². The van der Waals surface area contributed by atoms with E-state index in [0.29, 0.717) is 22.1 Å². The van der Waals surface area contributed by atoms with Gasteiger partial charge in [0.2, 0.25) is 11.8 Å². The van der Waals surface area contributed by atoms with Crippen LogP contribution >= 0.6 is 23.1 Å². The standard InChI is InChI=1S/C22H22FN3O3S2/c1-13-4-7-16(8-5-13)24-20(27)12-30-14(2)21(28)26-22-25-18(11-31-22)17-10-15(23)6-9-19(17)29-3/h4-11,14H,12H2,1-3H3,(H,24,27)(H,25,26,28). The highest BCUT2D eigenvalue weighted by atomic mass is 32.2. The monoisotopic (exact) mass is 459 g/mol. The van der Waals surface area contributed by atoms with Crippen LogP contribution < -0.4 is 15.4 Å². The molecule has 1 unspecified atom stereocenters. The van der Waals surface area contributed by atoms with E-state index in [0.717, 1.165) is 11.3 Å². The fraction of sp³-hybridized carbons (Fsp3) is 0.227. The first-order valence-corrected chi connectivity index (χ1v) is 11.4. The summed E-state index contributed by atoms with van der Waals surface area (Å²) in [5.41, 5.74) is 2.85. The van der Waals surface area contributed by atoms with Crippen molar-refractivity contribution >= 4 is 45.7 Å². The first-order valence-electron chi connectivity index (χ1n) is 9.44. The third-order valence-corrected chi connectivity index (χ3v) is 6.24. The van der Waals surface area contributed by atoms with Crippen molar-refractivity contribution in [3.63, 3.8) is 0 Å². The normalized spacial score (nSPS) is 11.6. The summed E-state index contributed by atoms with van der Waals surface area (Å²) in [5.74, 6) is -0.202. The van der Waals surface area contributed by atoms with Crippen molar-refractivity contribution in [3.8, 4) is 17.0 Å². The number of ether oxygens (including phenoxy) is 1. The number of benzene rings is 2. The molecule has 0 bridgehead atoms. The number of carbonyl (C=O) groups is 2. The van der Waals surface area contributed by atoms with Crippen LogP contribution in [0.3, 0.4) is 0 Å². The minimum absolute atomic E-state index is 0.145. The highest BCUT2D eigenvalue weighted by Crippen LogP contribution is 2.33. The summed E-state index contributed by atoms with van der Waals surface area (Å²) in [5, 5.41) is 7.21. The maximum Gasteiger partial charge on any atom is 0.239 e. The Hall–Kier alpha value is -2.91. The maximum atomic E-state index is 13.6. The summed E-state index contributed by atoms with van der Waals surface area (Å²) in [4.78, 5) is 28.9. The third kappa shape index (κ3) is 6.28. The Morgan fingerprint density at radius 1 is 1.19 bits per heavy atom. The van der Waals surface area contributed by atoms with Crippen LogP contribution in [0.5, 0.6) is 5.75 Å². The molecule has 2 amide bonds. The smallest absolute Gasteiger partial charge is 0.239 e. The molecule has 0 saturated heterocycles. The molecule has 0 saturated carbocycles. The van der Waals surface area contributed by atoms with Gasteiger partial charge in [-0.2, -0.15) is 0 Å². The number of halogens is 1. The molecule has 9 heteroatoms. The van der Waals surface area contributed by atoms with Crippen molar-refractivity contribution in [2.45, 2.75) is 19.1 Å². The fourth-order valence-electron chi connectivity index (χ4n) is 2.65. The fourth-order valence-corrected chi connectivity index (χ4v) is 4.05. The minimum Gasteiger partial charge on any atom is -0.496 e. The van der Waals surface area contributed by atoms with E-state index in [1.807, 2.05) is 31.2 Å². The second kappa shape index (κ2) is 10.4. The van der Waals surface area contributed by atoms with Gasteiger partial charge in [-0.05, 0) is 44.2 Å². The summed E-state index contributed by atoms with van der Waals surface area (Å²) in [6.07, 6.45) is 0. The van der Waals surface area contributed by atoms with Crippen molar-refractivity contribution < 1.29 is 18.7 Å². The number of amides is 2. The largest absolute Gasteiger partial charge is 0.496 e. The first-order chi connectivity index (χ1) is 14.9. The topological polar surface area (TPSA) is 80.3 Å². The molecule has 2 N–H and O–H groups in total. The predicted molar refractivity (Wildman–Crippen MR) is 124 cm³/mol. The number of nitrogens with one attached hydrogen (secondary N) is 2. The Morgan fingerprint density at radius 3 is 2.65 bits per heavy atom. The average Bonchev–Trinajstić information content (AvgIpc) is 3.22. The molecule has 0 radical (unpaired) electrons. The van der Waals surface area contributed by atoms with Gasteiger partial charge in [-0.3, -0.25) is 9.59 Å². The Kier molecular flexibility index (Phi) is 7.64. The molecule has 0 spiro atoms. The van der Waals surface area contributed by atoms with Crippen LogP contribution in [0, 0.1) is 12.7 Å². The Bertz CT molecular complexity index is 1070. The molecule has 0 aliphatic rings. The highest BCUT2D eigenvalue weighted by Gasteiger charge is 2.18. The zero-order valence-corrected chi connectivity index (χ0v) is 18.9. The quantitative estimate of drug-likeness (QED) is 0.497. The summed E-state index contributed by atoms with van der Waals surface area (Å²) in [6.45, 7) is 3.70. The number of carbonyl (C=O) groups excluding carboxylic acids is 2. The van der Waals surface area contributed by atoms with Gasteiger partial charge in [0.15, 0.2) is 5.13 Å². The number of methoxy groups -OCH3 is 1. The van der Waals surface area contributed by atoms with Gasteiger partial charge in [-0.15, -0.1) is 23.1 Å². The van der Waals surface area contributed by atoms with Crippen LogP contribution in [0.15, 0.2) is 47.8 Å². The number of rotatable bonds is 8. The lowest BCUT2D eigenvalue weighted by Crippen LogP contribution is -2.25. The molecular formula is C22H22FN3O3S2. The van der Waals surface area contributed by atoms with Crippen molar-refractivity contribution in [2.24, 2.45) is 0 Å². The van der Waals surface area contributed by atoms with Gasteiger partial charge in [0.05, 0.1) is 23.8 Å². The zero-order chi connectivity index (χ0) is 22.4. The Morgan fingerprint density at radius 2 is 1.94 bits per heavy atom. The van der Waals surface area contributed by atoms with E-state index in [1.54, 1.807) is 12.3 Å². The van der Waals surface area contributed by atoms with Gasteiger partial charge in [0, 0.05) is 16.6 Å². The molecule has 1 aromatic heterocycles. The molecule has 3 aromatic rings. The van der Waals surface area contributed by atoms with E-state index >= 15 is 0 Å². The number of aryl methyl sites for hydroxylation is 1. The Balaban J connectivity index is 1.54. The van der Waals surface area contributed by atoms with Crippen molar-refractivity contribution in [1.82, 2.24) is 4.98 Å². The number of hydrogen-bond donors (Lipinski definition) is 2. The van der Waals surface area contributed by atoms with Crippen LogP contribution in [0.25, 0.3) is 11.3 Å². The first kappa shape index (κ1) is 22.8. The third-order valence-electron chi connectivity index (χ3n) is 4.34. The molecule has 0 aliphatic heterocycles. The van der Waals surface area contributed by atoms with Crippen molar-refractivity contribution in [1.29, 1.82) is 0 Å². The molecule has 6 nitrogen and oxygen atoms in total. The van der Waals surface area contributed by atoms with Gasteiger partial charge >= 0.3 is 0 Å². The molecule has 162 valence electrons. The van der Waals surface area contributed by atoms with E-state index in [9.17, 15) is 14.0 Å². The van der Waals surface area contributed by atoms with Gasteiger partial charge in [0.1, 0.15) is 11.6 Å². The van der Waals surface area contributed by atoms with Crippen LogP contribution in [-0.4, -0.2) is 34.9 Å². The number of thiazole rings is 1. The van der Waals surface area contributed by atoms with E-state index in [1.165, 1.54) is 48.4 Å². The number of anilines is 2. The lowest BCUT2D eigenvalue weighted by atomic mass is 10.1. The number of nitrogens with zero attached hydrogens (tertiary/aromatic N) is 1. The lowest BCUT2D eigenvalue weighted by molar-refractivity contribution is -0.115. The maximum absolute atomic E-state index is 13.6. The summed E-state index contributed by atoms with van der Waals surface area (Å²) in [7, 11) is 1.50. The average molecular weight is 460 g/mol. The zero-order valence-electron chi connectivity index (χ0n) is 17.3. The van der Waals surface area contributed by atoms with Gasteiger partial charge in [-0.25, -0.2) is 9.37 Å². The van der Waals surface area contributed by atoms with Gasteiger partial charge < -0.3 is 15.4 Å². The van der Waals surface area contributed by atoms with Crippen LogP contribution in [0.1, 0.15) is 12.5 Å². The summed E-state index contributed by atoms with van der Waals surface area (Å²) >= 11 is 2.46. The van der Waals surface area contributed by atoms with Crippen LogP contribution in [0.2, 0.25) is 0 Å². The molecule has 3 rings (SSSR count). The second-order valence-electron chi connectivity index (χ2n) is 6.74. The lowest BCUT2D eigenvalue weighted by Gasteiger charge is -2.11. The molecule has 31 heavy (non-hydrogen) atoms. The van der Waals surface area contributed by atoms with E-state index in [4.69, 9.17) is 4.74 Å². The number of aromatic nitrogens is 1. The van der Waals surface area contributed by atoms with E-state index in [-0.39, 0.29) is 17.6 Å². The Labute approximate surface area is 188 Å². The second-order valence-corrected chi connectivity index (χ2v) is 8.93. The van der Waals surface area contributed by atoms with E-state index < -0.39 is 11.1 Å². The van der Waals surface area contributed by atoms with Crippen LogP contribution in [-0.2, 0) is 9.59 Å². The van der Waals surface area contributed by atoms with Gasteiger partial charge in [0.25, 0.3) is 0 Å². The number of hydrogen-bond acceptors (Lipinski definition) is 6. The summed E-state index contributed by atoms with van der Waals surface area (Å²) in [6, 6.07) is 11.7.